The van der Waals surface area contributed by atoms with Crippen LogP contribution in [0.5, 0.6) is 11.5 Å². The molecule has 0 amide bonds. The number of ether oxygens (including phenoxy) is 2. The zero-order chi connectivity index (χ0) is 16.1. The van der Waals surface area contributed by atoms with Crippen LogP contribution in [0.4, 0.5) is 0 Å². The number of ketones is 1. The molecule has 2 aromatic carbocycles. The van der Waals surface area contributed by atoms with Gasteiger partial charge < -0.3 is 9.47 Å². The van der Waals surface area contributed by atoms with E-state index in [1.807, 2.05) is 0 Å². The quantitative estimate of drug-likeness (QED) is 0.575. The minimum atomic E-state index is -0.216. The first-order valence-electron chi connectivity index (χ1n) is 6.44. The second kappa shape index (κ2) is 7.34. The molecule has 0 radical (unpaired) electrons. The molecule has 0 bridgehead atoms. The van der Waals surface area contributed by atoms with Gasteiger partial charge in [0.05, 0.1) is 19.2 Å². The average Bonchev–Trinajstić information content (AvgIpc) is 2.52. The minimum Gasteiger partial charge on any atom is -0.497 e. The van der Waals surface area contributed by atoms with Crippen molar-refractivity contribution in [3.8, 4) is 11.5 Å². The molecular weight excluding hydrogens is 323 g/mol. The van der Waals surface area contributed by atoms with Crippen LogP contribution in [-0.4, -0.2) is 20.0 Å². The lowest BCUT2D eigenvalue weighted by Gasteiger charge is -2.07. The van der Waals surface area contributed by atoms with Gasteiger partial charge in [-0.25, -0.2) is 0 Å². The monoisotopic (exact) mass is 336 g/mol. The largest absolute Gasteiger partial charge is 0.497 e. The molecule has 0 unspecified atom stereocenters. The molecule has 2 rings (SSSR count). The third kappa shape index (κ3) is 3.81. The van der Waals surface area contributed by atoms with Gasteiger partial charge in [0, 0.05) is 16.1 Å². The normalized spacial score (nSPS) is 10.7. The van der Waals surface area contributed by atoms with Gasteiger partial charge in [-0.1, -0.05) is 23.2 Å². The Morgan fingerprint density at radius 3 is 2.45 bits per heavy atom. The van der Waals surface area contributed by atoms with Crippen LogP contribution >= 0.6 is 23.2 Å². The molecule has 2 aromatic rings. The lowest BCUT2D eigenvalue weighted by atomic mass is 10.1. The van der Waals surface area contributed by atoms with E-state index >= 15 is 0 Å². The number of carbonyl (C=O) groups is 1. The van der Waals surface area contributed by atoms with Gasteiger partial charge in [0.2, 0.25) is 0 Å². The second-order valence-corrected chi connectivity index (χ2v) is 5.27. The summed E-state index contributed by atoms with van der Waals surface area (Å²) in [6.45, 7) is 0. The zero-order valence-electron chi connectivity index (χ0n) is 12.1. The Labute approximate surface area is 139 Å². The summed E-state index contributed by atoms with van der Waals surface area (Å²) in [5, 5.41) is 0.805. The minimum absolute atomic E-state index is 0.216. The third-order valence-corrected chi connectivity index (χ3v) is 3.60. The van der Waals surface area contributed by atoms with Crippen molar-refractivity contribution >= 4 is 35.1 Å². The summed E-state index contributed by atoms with van der Waals surface area (Å²) in [7, 11) is 3.14. The van der Waals surface area contributed by atoms with Crippen LogP contribution in [0.1, 0.15) is 15.9 Å². The van der Waals surface area contributed by atoms with E-state index in [0.717, 1.165) is 5.56 Å². The average molecular weight is 337 g/mol. The lowest BCUT2D eigenvalue weighted by molar-refractivity contribution is 0.104. The number of rotatable bonds is 5. The third-order valence-electron chi connectivity index (χ3n) is 3.05. The molecule has 114 valence electrons. The molecule has 0 fully saturated rings. The van der Waals surface area contributed by atoms with Gasteiger partial charge in [-0.2, -0.15) is 0 Å². The van der Waals surface area contributed by atoms with Crippen LogP contribution in [0.25, 0.3) is 6.08 Å². The number of methoxy groups -OCH3 is 2. The summed E-state index contributed by atoms with van der Waals surface area (Å²) in [6, 6.07) is 10.1. The fourth-order valence-corrected chi connectivity index (χ4v) is 2.42. The Kier molecular flexibility index (Phi) is 5.47. The summed E-state index contributed by atoms with van der Waals surface area (Å²) in [4.78, 5) is 12.2. The first-order chi connectivity index (χ1) is 10.5. The van der Waals surface area contributed by atoms with Gasteiger partial charge in [-0.3, -0.25) is 4.79 Å². The Morgan fingerprint density at radius 2 is 1.82 bits per heavy atom. The maximum Gasteiger partial charge on any atom is 0.187 e. The van der Waals surface area contributed by atoms with Gasteiger partial charge in [0.1, 0.15) is 11.5 Å². The van der Waals surface area contributed by atoms with E-state index in [1.54, 1.807) is 50.6 Å². The van der Waals surface area contributed by atoms with Crippen LogP contribution in [-0.2, 0) is 0 Å². The molecule has 0 aliphatic heterocycles. The Bertz CT molecular complexity index is 724. The van der Waals surface area contributed by atoms with Crippen LogP contribution in [0.3, 0.4) is 0 Å². The Morgan fingerprint density at radius 1 is 1.05 bits per heavy atom. The van der Waals surface area contributed by atoms with Crippen molar-refractivity contribution in [2.24, 2.45) is 0 Å². The number of allylic oxidation sites excluding steroid dienone is 1. The number of hydrogen-bond donors (Lipinski definition) is 0. The molecule has 0 spiro atoms. The van der Waals surface area contributed by atoms with E-state index in [0.29, 0.717) is 27.1 Å². The Hall–Kier alpha value is -1.97. The number of benzene rings is 2. The van der Waals surface area contributed by atoms with Crippen molar-refractivity contribution in [1.82, 2.24) is 0 Å². The maximum atomic E-state index is 12.2. The molecule has 22 heavy (non-hydrogen) atoms. The highest BCUT2D eigenvalue weighted by Gasteiger charge is 2.08. The highest BCUT2D eigenvalue weighted by Crippen LogP contribution is 2.26. The van der Waals surface area contributed by atoms with Crippen molar-refractivity contribution in [1.29, 1.82) is 0 Å². The summed E-state index contributed by atoms with van der Waals surface area (Å²) >= 11 is 11.9. The van der Waals surface area contributed by atoms with Crippen LogP contribution in [0, 0.1) is 0 Å². The van der Waals surface area contributed by atoms with Crippen molar-refractivity contribution in [3.63, 3.8) is 0 Å². The highest BCUT2D eigenvalue weighted by atomic mass is 35.5. The molecule has 0 aliphatic rings. The fraction of sp³-hybridized carbons (Fsp3) is 0.118. The topological polar surface area (TPSA) is 35.5 Å². The molecule has 0 N–H and O–H groups in total. The first kappa shape index (κ1) is 16.4. The maximum absolute atomic E-state index is 12.2. The molecule has 0 saturated heterocycles. The zero-order valence-corrected chi connectivity index (χ0v) is 13.6. The number of halogens is 2. The summed E-state index contributed by atoms with van der Waals surface area (Å²) < 4.78 is 10.4. The Balaban J connectivity index is 2.29. The van der Waals surface area contributed by atoms with Gasteiger partial charge >= 0.3 is 0 Å². The van der Waals surface area contributed by atoms with Gasteiger partial charge in [-0.05, 0) is 48.6 Å². The predicted molar refractivity (Wildman–Crippen MR) is 89.4 cm³/mol. The van der Waals surface area contributed by atoms with E-state index < -0.39 is 0 Å². The molecule has 3 nitrogen and oxygen atoms in total. The van der Waals surface area contributed by atoms with E-state index in [4.69, 9.17) is 32.7 Å². The van der Waals surface area contributed by atoms with Gasteiger partial charge in [-0.15, -0.1) is 0 Å². The molecule has 0 atom stereocenters. The standard InChI is InChI=1S/C17H14Cl2O3/c1-21-13-5-8-17(22-2)11(9-13)3-7-16(20)14-6-4-12(18)10-15(14)19/h3-10H,1-2H3. The molecule has 0 heterocycles. The van der Waals surface area contributed by atoms with E-state index in [9.17, 15) is 4.79 Å². The SMILES string of the molecule is COc1ccc(OC)c(C=CC(=O)c2ccc(Cl)cc2Cl)c1. The smallest absolute Gasteiger partial charge is 0.187 e. The van der Waals surface area contributed by atoms with Gasteiger partial charge in [0.15, 0.2) is 5.78 Å². The molecule has 0 aliphatic carbocycles. The lowest BCUT2D eigenvalue weighted by Crippen LogP contribution is -1.96. The summed E-state index contributed by atoms with van der Waals surface area (Å²) in [5.74, 6) is 1.11. The number of carbonyl (C=O) groups excluding carboxylic acids is 1. The van der Waals surface area contributed by atoms with Crippen molar-refractivity contribution in [2.75, 3.05) is 14.2 Å². The van der Waals surface area contributed by atoms with Crippen molar-refractivity contribution < 1.29 is 14.3 Å². The predicted octanol–water partition coefficient (Wildman–Crippen LogP) is 4.91. The van der Waals surface area contributed by atoms with E-state index in [2.05, 4.69) is 0 Å². The van der Waals surface area contributed by atoms with Crippen molar-refractivity contribution in [2.45, 2.75) is 0 Å². The molecule has 5 heteroatoms. The van der Waals surface area contributed by atoms with Gasteiger partial charge in [0.25, 0.3) is 0 Å². The first-order valence-corrected chi connectivity index (χ1v) is 7.20. The second-order valence-electron chi connectivity index (χ2n) is 4.43. The van der Waals surface area contributed by atoms with Crippen molar-refractivity contribution in [3.05, 3.63) is 63.6 Å². The van der Waals surface area contributed by atoms with Crippen LogP contribution < -0.4 is 9.47 Å². The molecular formula is C17H14Cl2O3. The summed E-state index contributed by atoms with van der Waals surface area (Å²) in [6.07, 6.45) is 3.10. The van der Waals surface area contributed by atoms with E-state index in [1.165, 1.54) is 12.1 Å². The highest BCUT2D eigenvalue weighted by molar-refractivity contribution is 6.37. The van der Waals surface area contributed by atoms with Crippen LogP contribution in [0.15, 0.2) is 42.5 Å². The fourth-order valence-electron chi connectivity index (χ4n) is 1.91. The number of hydrogen-bond acceptors (Lipinski definition) is 3. The van der Waals surface area contributed by atoms with E-state index in [-0.39, 0.29) is 5.78 Å². The molecule has 0 aromatic heterocycles. The molecule has 0 saturated carbocycles. The van der Waals surface area contributed by atoms with Crippen LogP contribution in [0.2, 0.25) is 10.0 Å². The summed E-state index contributed by atoms with van der Waals surface area (Å²) in [5.41, 5.74) is 1.13.